The third kappa shape index (κ3) is 4.81. The van der Waals surface area contributed by atoms with Gasteiger partial charge in [-0.25, -0.2) is 8.42 Å². The van der Waals surface area contributed by atoms with Gasteiger partial charge in [0.25, 0.3) is 10.0 Å². The maximum atomic E-state index is 13.3. The zero-order chi connectivity index (χ0) is 23.6. The quantitative estimate of drug-likeness (QED) is 0.516. The molecule has 3 aromatic carbocycles. The van der Waals surface area contributed by atoms with Gasteiger partial charge in [-0.3, -0.25) is 9.10 Å². The first-order chi connectivity index (χ1) is 15.8. The summed E-state index contributed by atoms with van der Waals surface area (Å²) in [5, 5.41) is 0. The van der Waals surface area contributed by atoms with E-state index in [0.717, 1.165) is 40.9 Å². The molecule has 1 aliphatic rings. The second kappa shape index (κ2) is 9.40. The SMILES string of the molecule is Cc1ccc(N(C)C(=O)CCc2ccc(S(=O)(=O)N3CCCc4ccccc43)cc2)cc1C. The van der Waals surface area contributed by atoms with Gasteiger partial charge in [0.05, 0.1) is 10.6 Å². The van der Waals surface area contributed by atoms with Crippen LogP contribution in [0.5, 0.6) is 0 Å². The van der Waals surface area contributed by atoms with E-state index in [-0.39, 0.29) is 10.8 Å². The normalized spacial score (nSPS) is 13.5. The average Bonchev–Trinajstić information content (AvgIpc) is 2.83. The van der Waals surface area contributed by atoms with E-state index >= 15 is 0 Å². The standard InChI is InChI=1S/C27H30N2O3S/c1-20-10-14-24(19-21(20)2)28(3)27(30)17-13-22-11-15-25(16-12-22)33(31,32)29-18-6-8-23-7-4-5-9-26(23)29/h4-5,7,9-12,14-16,19H,6,8,13,17-18H2,1-3H3. The van der Waals surface area contributed by atoms with Crippen LogP contribution < -0.4 is 9.21 Å². The van der Waals surface area contributed by atoms with E-state index in [9.17, 15) is 13.2 Å². The van der Waals surface area contributed by atoms with Gasteiger partial charge in [0, 0.05) is 25.7 Å². The third-order valence-electron chi connectivity index (χ3n) is 6.46. The van der Waals surface area contributed by atoms with E-state index in [4.69, 9.17) is 0 Å². The summed E-state index contributed by atoms with van der Waals surface area (Å²) in [4.78, 5) is 14.6. The first-order valence-corrected chi connectivity index (χ1v) is 12.7. The van der Waals surface area contributed by atoms with Gasteiger partial charge in [-0.2, -0.15) is 0 Å². The molecule has 172 valence electrons. The van der Waals surface area contributed by atoms with E-state index in [1.54, 1.807) is 24.1 Å². The van der Waals surface area contributed by atoms with Crippen molar-refractivity contribution in [3.05, 3.63) is 89.0 Å². The minimum absolute atomic E-state index is 0.0277. The number of anilines is 2. The van der Waals surface area contributed by atoms with Crippen LogP contribution in [0.4, 0.5) is 11.4 Å². The molecule has 5 nitrogen and oxygen atoms in total. The van der Waals surface area contributed by atoms with Gasteiger partial charge in [0.2, 0.25) is 5.91 Å². The monoisotopic (exact) mass is 462 g/mol. The van der Waals surface area contributed by atoms with Crippen LogP contribution in [-0.4, -0.2) is 27.9 Å². The summed E-state index contributed by atoms with van der Waals surface area (Å²) in [6.07, 6.45) is 2.62. The molecule has 0 aliphatic carbocycles. The highest BCUT2D eigenvalue weighted by Gasteiger charge is 2.28. The van der Waals surface area contributed by atoms with Crippen LogP contribution in [0.2, 0.25) is 0 Å². The number of nitrogens with zero attached hydrogens (tertiary/aromatic N) is 2. The largest absolute Gasteiger partial charge is 0.315 e. The van der Waals surface area contributed by atoms with Crippen LogP contribution in [0, 0.1) is 13.8 Å². The number of fused-ring (bicyclic) bond motifs is 1. The molecule has 0 saturated heterocycles. The number of rotatable bonds is 6. The Labute approximate surface area is 196 Å². The molecule has 33 heavy (non-hydrogen) atoms. The molecule has 1 amide bonds. The van der Waals surface area contributed by atoms with Crippen molar-refractivity contribution in [1.82, 2.24) is 0 Å². The molecule has 0 aromatic heterocycles. The summed E-state index contributed by atoms with van der Waals surface area (Å²) in [5.74, 6) is 0.0277. The van der Waals surface area contributed by atoms with Crippen molar-refractivity contribution in [3.8, 4) is 0 Å². The number of carbonyl (C=O) groups excluding carboxylic acids is 1. The zero-order valence-electron chi connectivity index (χ0n) is 19.4. The summed E-state index contributed by atoms with van der Waals surface area (Å²) < 4.78 is 28.1. The molecule has 0 atom stereocenters. The Hall–Kier alpha value is -3.12. The highest BCUT2D eigenvalue weighted by atomic mass is 32.2. The molecule has 1 heterocycles. The van der Waals surface area contributed by atoms with Crippen molar-refractivity contribution in [2.75, 3.05) is 22.8 Å². The lowest BCUT2D eigenvalue weighted by molar-refractivity contribution is -0.118. The third-order valence-corrected chi connectivity index (χ3v) is 8.29. The molecule has 4 rings (SSSR count). The van der Waals surface area contributed by atoms with Gasteiger partial charge in [0.1, 0.15) is 0 Å². The lowest BCUT2D eigenvalue weighted by Crippen LogP contribution is -2.35. The summed E-state index contributed by atoms with van der Waals surface area (Å²) >= 11 is 0. The van der Waals surface area contributed by atoms with E-state index in [2.05, 4.69) is 6.92 Å². The summed E-state index contributed by atoms with van der Waals surface area (Å²) in [5.41, 5.74) is 6.01. The van der Waals surface area contributed by atoms with Crippen molar-refractivity contribution in [2.24, 2.45) is 0 Å². The molecule has 1 aliphatic heterocycles. The molecular formula is C27H30N2O3S. The maximum absolute atomic E-state index is 13.3. The van der Waals surface area contributed by atoms with Crippen LogP contribution in [-0.2, 0) is 27.7 Å². The number of benzene rings is 3. The number of hydrogen-bond donors (Lipinski definition) is 0. The van der Waals surface area contributed by atoms with Crippen molar-refractivity contribution in [1.29, 1.82) is 0 Å². The molecule has 0 saturated carbocycles. The highest BCUT2D eigenvalue weighted by Crippen LogP contribution is 2.31. The molecule has 0 bridgehead atoms. The molecule has 0 spiro atoms. The smallest absolute Gasteiger partial charge is 0.264 e. The molecular weight excluding hydrogens is 432 g/mol. The highest BCUT2D eigenvalue weighted by molar-refractivity contribution is 7.92. The van der Waals surface area contributed by atoms with E-state index in [1.807, 2.05) is 61.5 Å². The fraction of sp³-hybridized carbons (Fsp3) is 0.296. The Morgan fingerprint density at radius 2 is 1.70 bits per heavy atom. The van der Waals surface area contributed by atoms with Crippen LogP contribution >= 0.6 is 0 Å². The second-order valence-electron chi connectivity index (χ2n) is 8.67. The Kier molecular flexibility index (Phi) is 6.56. The van der Waals surface area contributed by atoms with Gasteiger partial charge in [-0.1, -0.05) is 36.4 Å². The Bertz CT molecular complexity index is 1270. The van der Waals surface area contributed by atoms with Crippen LogP contribution in [0.3, 0.4) is 0 Å². The predicted octanol–water partition coefficient (Wildman–Crippen LogP) is 5.04. The first kappa shape index (κ1) is 23.1. The molecule has 3 aromatic rings. The number of carbonyl (C=O) groups is 1. The topological polar surface area (TPSA) is 57.7 Å². The van der Waals surface area contributed by atoms with Gasteiger partial charge in [0.15, 0.2) is 0 Å². The van der Waals surface area contributed by atoms with Gasteiger partial charge >= 0.3 is 0 Å². The molecule has 0 fully saturated rings. The van der Waals surface area contributed by atoms with Crippen LogP contribution in [0.15, 0.2) is 71.6 Å². The molecule has 0 unspecified atom stereocenters. The summed E-state index contributed by atoms with van der Waals surface area (Å²) in [7, 11) is -1.83. The zero-order valence-corrected chi connectivity index (χ0v) is 20.2. The first-order valence-electron chi connectivity index (χ1n) is 11.3. The van der Waals surface area contributed by atoms with Crippen molar-refractivity contribution in [3.63, 3.8) is 0 Å². The summed E-state index contributed by atoms with van der Waals surface area (Å²) in [6.45, 7) is 4.57. The minimum Gasteiger partial charge on any atom is -0.315 e. The van der Waals surface area contributed by atoms with Gasteiger partial charge in [-0.05, 0) is 85.7 Å². The number of amides is 1. The van der Waals surface area contributed by atoms with Crippen LogP contribution in [0.25, 0.3) is 0 Å². The molecule has 6 heteroatoms. The molecule has 0 N–H and O–H groups in total. The van der Waals surface area contributed by atoms with Crippen LogP contribution in [0.1, 0.15) is 35.1 Å². The van der Waals surface area contributed by atoms with Crippen molar-refractivity contribution >= 4 is 27.3 Å². The Morgan fingerprint density at radius 3 is 2.42 bits per heavy atom. The summed E-state index contributed by atoms with van der Waals surface area (Å²) in [6, 6.07) is 20.6. The number of hydrogen-bond acceptors (Lipinski definition) is 3. The lowest BCUT2D eigenvalue weighted by atomic mass is 10.0. The molecule has 0 radical (unpaired) electrons. The fourth-order valence-corrected chi connectivity index (χ4v) is 5.74. The average molecular weight is 463 g/mol. The maximum Gasteiger partial charge on any atom is 0.264 e. The van der Waals surface area contributed by atoms with E-state index < -0.39 is 10.0 Å². The Balaban J connectivity index is 1.43. The lowest BCUT2D eigenvalue weighted by Gasteiger charge is -2.30. The van der Waals surface area contributed by atoms with E-state index in [0.29, 0.717) is 19.4 Å². The minimum atomic E-state index is -3.62. The number of para-hydroxylation sites is 1. The predicted molar refractivity (Wildman–Crippen MR) is 133 cm³/mol. The number of sulfonamides is 1. The Morgan fingerprint density at radius 1 is 0.970 bits per heavy atom. The number of aryl methyl sites for hydroxylation is 4. The van der Waals surface area contributed by atoms with E-state index in [1.165, 1.54) is 9.87 Å². The van der Waals surface area contributed by atoms with Crippen molar-refractivity contribution in [2.45, 2.75) is 44.4 Å². The van der Waals surface area contributed by atoms with Crippen molar-refractivity contribution < 1.29 is 13.2 Å². The van der Waals surface area contributed by atoms with Gasteiger partial charge < -0.3 is 4.90 Å². The fourth-order valence-electron chi connectivity index (χ4n) is 4.20. The second-order valence-corrected chi connectivity index (χ2v) is 10.5. The van der Waals surface area contributed by atoms with Gasteiger partial charge in [-0.15, -0.1) is 0 Å².